The molecule has 3 aromatic carbocycles. The van der Waals surface area contributed by atoms with E-state index in [0.717, 1.165) is 47.9 Å². The van der Waals surface area contributed by atoms with Crippen molar-refractivity contribution >= 4 is 11.9 Å². The van der Waals surface area contributed by atoms with E-state index in [1.807, 2.05) is 50.2 Å². The lowest BCUT2D eigenvalue weighted by Crippen LogP contribution is -2.40. The predicted octanol–water partition coefficient (Wildman–Crippen LogP) is 7.97. The summed E-state index contributed by atoms with van der Waals surface area (Å²) in [5.74, 6) is -1.39. The number of carbonyl (C=O) groups is 2. The Hall–Kier alpha value is -3.44. The van der Waals surface area contributed by atoms with Crippen molar-refractivity contribution in [3.05, 3.63) is 94.0 Å². The fraction of sp³-hybridized carbons (Fsp3) is 0.429. The van der Waals surface area contributed by atoms with Crippen molar-refractivity contribution in [1.82, 2.24) is 5.32 Å². The standard InChI is InChI=1S/C35H43NO4/c1-4-6-16-33(28-19-18-26-13-8-9-14-27(26)22-28)40-23-25-17-20-30(34(37)36-32(11-5-2)35(38)39)31(21-25)29-15-10-7-12-24(29)3/h7,10,12,15,17-22,32-33H,4-6,8-9,11,13-14,16,23H2,1-3H3,(H,36,37)(H,38,39). The van der Waals surface area contributed by atoms with Gasteiger partial charge in [-0.05, 0) is 96.5 Å². The van der Waals surface area contributed by atoms with Crippen molar-refractivity contribution in [2.24, 2.45) is 0 Å². The molecular weight excluding hydrogens is 498 g/mol. The number of amides is 1. The first-order valence-electron chi connectivity index (χ1n) is 14.9. The number of ether oxygens (including phenoxy) is 1. The second-order valence-electron chi connectivity index (χ2n) is 11.0. The maximum absolute atomic E-state index is 13.3. The SMILES string of the molecule is CCCCC(OCc1ccc(C(=O)NC(CCC)C(=O)O)c(-c2ccccc2C)c1)c1ccc2c(c1)CCCC2. The van der Waals surface area contributed by atoms with E-state index in [-0.39, 0.29) is 12.0 Å². The molecule has 0 saturated carbocycles. The average Bonchev–Trinajstić information content (AvgIpc) is 2.96. The van der Waals surface area contributed by atoms with Crippen molar-refractivity contribution in [2.75, 3.05) is 0 Å². The number of hydrogen-bond acceptors (Lipinski definition) is 3. The molecular formula is C35H43NO4. The second-order valence-corrected chi connectivity index (χ2v) is 11.0. The Morgan fingerprint density at radius 3 is 2.40 bits per heavy atom. The number of aliphatic carboxylic acids is 1. The third-order valence-electron chi connectivity index (χ3n) is 7.96. The van der Waals surface area contributed by atoms with Gasteiger partial charge in [0.25, 0.3) is 5.91 Å². The summed E-state index contributed by atoms with van der Waals surface area (Å²) < 4.78 is 6.58. The van der Waals surface area contributed by atoms with Crippen LogP contribution in [-0.2, 0) is 29.0 Å². The molecule has 0 heterocycles. The molecule has 212 valence electrons. The molecule has 0 aliphatic heterocycles. The highest BCUT2D eigenvalue weighted by Gasteiger charge is 2.23. The van der Waals surface area contributed by atoms with Crippen molar-refractivity contribution < 1.29 is 19.4 Å². The number of aryl methyl sites for hydroxylation is 3. The Bertz CT molecular complexity index is 1310. The molecule has 0 radical (unpaired) electrons. The smallest absolute Gasteiger partial charge is 0.326 e. The zero-order valence-electron chi connectivity index (χ0n) is 24.2. The topological polar surface area (TPSA) is 75.6 Å². The van der Waals surface area contributed by atoms with Crippen molar-refractivity contribution in [1.29, 1.82) is 0 Å². The van der Waals surface area contributed by atoms with Crippen LogP contribution in [-0.4, -0.2) is 23.0 Å². The molecule has 1 aliphatic carbocycles. The fourth-order valence-corrected chi connectivity index (χ4v) is 5.65. The number of hydrogen-bond donors (Lipinski definition) is 2. The summed E-state index contributed by atoms with van der Waals surface area (Å²) in [6.45, 7) is 6.57. The summed E-state index contributed by atoms with van der Waals surface area (Å²) in [5, 5.41) is 12.3. The minimum atomic E-state index is -1.02. The van der Waals surface area contributed by atoms with Gasteiger partial charge in [0.15, 0.2) is 0 Å². The zero-order chi connectivity index (χ0) is 28.5. The molecule has 0 fully saturated rings. The highest BCUT2D eigenvalue weighted by molar-refractivity contribution is 6.02. The quantitative estimate of drug-likeness (QED) is 0.230. The monoisotopic (exact) mass is 541 g/mol. The number of nitrogens with one attached hydrogen (secondary N) is 1. The highest BCUT2D eigenvalue weighted by atomic mass is 16.5. The van der Waals surface area contributed by atoms with Crippen LogP contribution < -0.4 is 5.32 Å². The lowest BCUT2D eigenvalue weighted by molar-refractivity contribution is -0.139. The van der Waals surface area contributed by atoms with Gasteiger partial charge in [-0.2, -0.15) is 0 Å². The summed E-state index contributed by atoms with van der Waals surface area (Å²) in [4.78, 5) is 25.0. The number of carboxylic acids is 1. The molecule has 0 aromatic heterocycles. The Kier molecular flexibility index (Phi) is 10.5. The molecule has 40 heavy (non-hydrogen) atoms. The molecule has 2 unspecified atom stereocenters. The molecule has 2 N–H and O–H groups in total. The van der Waals surface area contributed by atoms with Crippen molar-refractivity contribution in [3.63, 3.8) is 0 Å². The van der Waals surface area contributed by atoms with E-state index >= 15 is 0 Å². The molecule has 1 amide bonds. The summed E-state index contributed by atoms with van der Waals surface area (Å²) >= 11 is 0. The highest BCUT2D eigenvalue weighted by Crippen LogP contribution is 2.32. The van der Waals surface area contributed by atoms with E-state index in [4.69, 9.17) is 4.74 Å². The van der Waals surface area contributed by atoms with Gasteiger partial charge >= 0.3 is 5.97 Å². The Morgan fingerprint density at radius 1 is 0.900 bits per heavy atom. The molecule has 0 bridgehead atoms. The van der Waals surface area contributed by atoms with E-state index in [1.54, 1.807) is 6.07 Å². The van der Waals surface area contributed by atoms with Crippen LogP contribution >= 0.6 is 0 Å². The van der Waals surface area contributed by atoms with Gasteiger partial charge in [0.1, 0.15) is 6.04 Å². The van der Waals surface area contributed by atoms with Crippen LogP contribution in [0, 0.1) is 6.92 Å². The molecule has 3 aromatic rings. The van der Waals surface area contributed by atoms with Gasteiger partial charge in [-0.25, -0.2) is 4.79 Å². The number of unbranched alkanes of at least 4 members (excludes halogenated alkanes) is 1. The van der Waals surface area contributed by atoms with Gasteiger partial charge in [0, 0.05) is 5.56 Å². The maximum Gasteiger partial charge on any atom is 0.326 e. The van der Waals surface area contributed by atoms with Crippen LogP contribution in [0.15, 0.2) is 60.7 Å². The maximum atomic E-state index is 13.3. The number of benzene rings is 3. The van der Waals surface area contributed by atoms with Crippen LogP contribution in [0.1, 0.15) is 103 Å². The lowest BCUT2D eigenvalue weighted by atomic mass is 9.89. The molecule has 0 saturated heterocycles. The second kappa shape index (κ2) is 14.3. The third kappa shape index (κ3) is 7.39. The van der Waals surface area contributed by atoms with E-state index in [9.17, 15) is 14.7 Å². The first kappa shape index (κ1) is 29.5. The van der Waals surface area contributed by atoms with Gasteiger partial charge in [-0.15, -0.1) is 0 Å². The predicted molar refractivity (Wildman–Crippen MR) is 161 cm³/mol. The van der Waals surface area contributed by atoms with Crippen molar-refractivity contribution in [3.8, 4) is 11.1 Å². The Balaban J connectivity index is 1.61. The van der Waals surface area contributed by atoms with E-state index in [2.05, 4.69) is 30.4 Å². The average molecular weight is 542 g/mol. The van der Waals surface area contributed by atoms with E-state index in [1.165, 1.54) is 36.0 Å². The number of rotatable bonds is 13. The van der Waals surface area contributed by atoms with E-state index in [0.29, 0.717) is 25.0 Å². The first-order valence-corrected chi connectivity index (χ1v) is 14.9. The van der Waals surface area contributed by atoms with Crippen LogP contribution in [0.25, 0.3) is 11.1 Å². The van der Waals surface area contributed by atoms with Gasteiger partial charge in [-0.3, -0.25) is 4.79 Å². The van der Waals surface area contributed by atoms with E-state index < -0.39 is 12.0 Å². The van der Waals surface area contributed by atoms with Gasteiger partial charge in [-0.1, -0.05) is 81.6 Å². The van der Waals surface area contributed by atoms with Crippen molar-refractivity contribution in [2.45, 2.75) is 97.3 Å². The largest absolute Gasteiger partial charge is 0.480 e. The summed E-state index contributed by atoms with van der Waals surface area (Å²) in [7, 11) is 0. The summed E-state index contributed by atoms with van der Waals surface area (Å²) in [6, 6.07) is 19.7. The van der Waals surface area contributed by atoms with Crippen LogP contribution in [0.4, 0.5) is 0 Å². The number of carbonyl (C=O) groups excluding carboxylic acids is 1. The first-order chi connectivity index (χ1) is 19.4. The molecule has 4 rings (SSSR count). The van der Waals surface area contributed by atoms with Gasteiger partial charge < -0.3 is 15.2 Å². The van der Waals surface area contributed by atoms with Gasteiger partial charge in [0.2, 0.25) is 0 Å². The molecule has 1 aliphatic rings. The van der Waals surface area contributed by atoms with Crippen LogP contribution in [0.2, 0.25) is 0 Å². The minimum Gasteiger partial charge on any atom is -0.480 e. The normalized spacial score (nSPS) is 14.3. The minimum absolute atomic E-state index is 0.0161. The summed E-state index contributed by atoms with van der Waals surface area (Å²) in [6.07, 6.45) is 9.09. The van der Waals surface area contributed by atoms with Crippen LogP contribution in [0.5, 0.6) is 0 Å². The molecule has 5 heteroatoms. The Morgan fingerprint density at radius 2 is 1.68 bits per heavy atom. The number of fused-ring (bicyclic) bond motifs is 1. The zero-order valence-corrected chi connectivity index (χ0v) is 24.2. The molecule has 2 atom stereocenters. The summed E-state index contributed by atoms with van der Waals surface area (Å²) in [5.41, 5.74) is 8.44. The Labute approximate surface area is 239 Å². The number of carboxylic acid groups (broad SMARTS) is 1. The fourth-order valence-electron chi connectivity index (χ4n) is 5.65. The molecule has 5 nitrogen and oxygen atoms in total. The van der Waals surface area contributed by atoms with Gasteiger partial charge in [0.05, 0.1) is 12.7 Å². The van der Waals surface area contributed by atoms with Crippen LogP contribution in [0.3, 0.4) is 0 Å². The lowest BCUT2D eigenvalue weighted by Gasteiger charge is -2.22. The third-order valence-corrected chi connectivity index (χ3v) is 7.96. The molecule has 0 spiro atoms.